The van der Waals surface area contributed by atoms with Crippen molar-refractivity contribution < 1.29 is 17.9 Å². The van der Waals surface area contributed by atoms with Gasteiger partial charge in [-0.25, -0.2) is 13.1 Å². The smallest absolute Gasteiger partial charge is 0.257 e. The molecule has 0 bridgehead atoms. The zero-order valence-corrected chi connectivity index (χ0v) is 20.4. The molecular weight excluding hydrogens is 444 g/mol. The number of carbonyl (C=O) groups is 1. The van der Waals surface area contributed by atoms with Crippen LogP contribution in [0.15, 0.2) is 47.4 Å². The van der Waals surface area contributed by atoms with Crippen molar-refractivity contribution >= 4 is 27.7 Å². The Bertz CT molecular complexity index is 999. The lowest BCUT2D eigenvalue weighted by Gasteiger charge is -2.22. The van der Waals surface area contributed by atoms with E-state index in [9.17, 15) is 13.2 Å². The van der Waals surface area contributed by atoms with Gasteiger partial charge >= 0.3 is 0 Å². The number of carbonyl (C=O) groups excluding carboxylic acids is 1. The van der Waals surface area contributed by atoms with E-state index in [4.69, 9.17) is 4.74 Å². The van der Waals surface area contributed by atoms with Crippen LogP contribution in [0.5, 0.6) is 5.75 Å². The normalized spacial score (nSPS) is 14.8. The van der Waals surface area contributed by atoms with Crippen LogP contribution >= 0.6 is 11.8 Å². The lowest BCUT2D eigenvalue weighted by atomic mass is 10.1. The first-order chi connectivity index (χ1) is 15.4. The van der Waals surface area contributed by atoms with E-state index < -0.39 is 10.0 Å². The molecule has 2 aromatic carbocycles. The van der Waals surface area contributed by atoms with Crippen molar-refractivity contribution in [2.45, 2.75) is 43.3 Å². The maximum atomic E-state index is 13.1. The molecule has 6 nitrogen and oxygen atoms in total. The van der Waals surface area contributed by atoms with Gasteiger partial charge in [0, 0.05) is 31.1 Å². The first-order valence-electron chi connectivity index (χ1n) is 11.0. The summed E-state index contributed by atoms with van der Waals surface area (Å²) in [5.74, 6) is 1.71. The molecule has 1 aliphatic heterocycles. The maximum absolute atomic E-state index is 13.1. The molecule has 0 spiro atoms. The number of hydrogen-bond acceptors (Lipinski definition) is 5. The van der Waals surface area contributed by atoms with Crippen LogP contribution in [0.4, 0.5) is 0 Å². The molecule has 8 heteroatoms. The highest BCUT2D eigenvalue weighted by Crippen LogP contribution is 2.25. The minimum Gasteiger partial charge on any atom is -0.496 e. The van der Waals surface area contributed by atoms with Gasteiger partial charge in [0.2, 0.25) is 10.0 Å². The fourth-order valence-corrected chi connectivity index (χ4v) is 5.68. The Hall–Kier alpha value is -2.03. The van der Waals surface area contributed by atoms with Crippen molar-refractivity contribution in [1.82, 2.24) is 9.62 Å². The fraction of sp³-hybridized carbons (Fsp3) is 0.458. The van der Waals surface area contributed by atoms with Gasteiger partial charge < -0.3 is 9.64 Å². The number of sulfonamides is 1. The highest BCUT2D eigenvalue weighted by Gasteiger charge is 2.24. The Morgan fingerprint density at radius 1 is 1.06 bits per heavy atom. The molecule has 1 saturated heterocycles. The van der Waals surface area contributed by atoms with Crippen molar-refractivity contribution in [2.75, 3.05) is 32.5 Å². The molecule has 0 aliphatic carbocycles. The molecule has 174 valence electrons. The minimum absolute atomic E-state index is 0.0833. The molecule has 2 aromatic rings. The molecule has 1 heterocycles. The average molecular weight is 477 g/mol. The predicted molar refractivity (Wildman–Crippen MR) is 130 cm³/mol. The third kappa shape index (κ3) is 6.73. The SMILES string of the molecule is COc1ccc(S(=O)(=O)NCCSCc2ccc(C)cc2)cc1C(=O)N1CCCCCC1. The van der Waals surface area contributed by atoms with Gasteiger partial charge in [-0.15, -0.1) is 0 Å². The van der Waals surface area contributed by atoms with E-state index in [0.717, 1.165) is 31.4 Å². The highest BCUT2D eigenvalue weighted by atomic mass is 32.2. The van der Waals surface area contributed by atoms with E-state index in [-0.39, 0.29) is 10.8 Å². The molecule has 0 radical (unpaired) electrons. The molecular formula is C24H32N2O4S2. The standard InChI is InChI=1S/C24H32N2O4S2/c1-19-7-9-20(10-8-19)18-31-16-13-25-32(28,29)21-11-12-23(30-2)22(17-21)24(27)26-14-5-3-4-6-15-26/h7-12,17,25H,3-6,13-16,18H2,1-2H3. The highest BCUT2D eigenvalue weighted by molar-refractivity contribution is 7.98. The molecule has 1 fully saturated rings. The van der Waals surface area contributed by atoms with Gasteiger partial charge in [-0.3, -0.25) is 4.79 Å². The summed E-state index contributed by atoms with van der Waals surface area (Å²) in [6, 6.07) is 12.8. The third-order valence-corrected chi connectivity index (χ3v) is 8.02. The number of amides is 1. The van der Waals surface area contributed by atoms with Gasteiger partial charge in [0.05, 0.1) is 17.6 Å². The molecule has 32 heavy (non-hydrogen) atoms. The minimum atomic E-state index is -3.72. The summed E-state index contributed by atoms with van der Waals surface area (Å²) in [6.07, 6.45) is 4.16. The van der Waals surface area contributed by atoms with Crippen LogP contribution in [-0.2, 0) is 15.8 Å². The largest absolute Gasteiger partial charge is 0.496 e. The number of thioether (sulfide) groups is 1. The Labute approximate surface area is 195 Å². The van der Waals surface area contributed by atoms with Crippen molar-refractivity contribution in [3.05, 3.63) is 59.2 Å². The van der Waals surface area contributed by atoms with Crippen LogP contribution in [0.3, 0.4) is 0 Å². The molecule has 3 rings (SSSR count). The summed E-state index contributed by atoms with van der Waals surface area (Å²) < 4.78 is 33.6. The quantitative estimate of drug-likeness (QED) is 0.548. The van der Waals surface area contributed by atoms with Crippen LogP contribution < -0.4 is 9.46 Å². The maximum Gasteiger partial charge on any atom is 0.257 e. The predicted octanol–water partition coefficient (Wildman–Crippen LogP) is 4.23. The fourth-order valence-electron chi connectivity index (χ4n) is 3.67. The molecule has 1 N–H and O–H groups in total. The van der Waals surface area contributed by atoms with Crippen LogP contribution in [-0.4, -0.2) is 51.7 Å². The van der Waals surface area contributed by atoms with Crippen LogP contribution in [0.1, 0.15) is 47.2 Å². The van der Waals surface area contributed by atoms with Gasteiger partial charge in [0.15, 0.2) is 0 Å². The molecule has 0 unspecified atom stereocenters. The number of likely N-dealkylation sites (tertiary alicyclic amines) is 1. The van der Waals surface area contributed by atoms with E-state index in [0.29, 0.717) is 36.7 Å². The average Bonchev–Trinajstić information content (AvgIpc) is 3.09. The van der Waals surface area contributed by atoms with Crippen LogP contribution in [0, 0.1) is 6.92 Å². The number of benzene rings is 2. The van der Waals surface area contributed by atoms with E-state index >= 15 is 0 Å². The second-order valence-corrected chi connectivity index (χ2v) is 10.9. The number of ether oxygens (including phenoxy) is 1. The third-order valence-electron chi connectivity index (χ3n) is 5.53. The monoisotopic (exact) mass is 476 g/mol. The number of hydrogen-bond donors (Lipinski definition) is 1. The summed E-state index contributed by atoms with van der Waals surface area (Å²) in [5.41, 5.74) is 2.74. The topological polar surface area (TPSA) is 75.7 Å². The van der Waals surface area contributed by atoms with Crippen molar-refractivity contribution in [2.24, 2.45) is 0 Å². The van der Waals surface area contributed by atoms with E-state index in [1.807, 2.05) is 0 Å². The summed E-state index contributed by atoms with van der Waals surface area (Å²) in [6.45, 7) is 3.75. The zero-order chi connectivity index (χ0) is 23.0. The van der Waals surface area contributed by atoms with Crippen LogP contribution in [0.2, 0.25) is 0 Å². The summed E-state index contributed by atoms with van der Waals surface area (Å²) in [7, 11) is -2.23. The van der Waals surface area contributed by atoms with Crippen molar-refractivity contribution in [3.8, 4) is 5.75 Å². The Kier molecular flexibility index (Phi) is 9.02. The first kappa shape index (κ1) is 24.6. The number of rotatable bonds is 9. The molecule has 1 amide bonds. The Morgan fingerprint density at radius 3 is 2.41 bits per heavy atom. The summed E-state index contributed by atoms with van der Waals surface area (Å²) in [4.78, 5) is 15.0. The van der Waals surface area contributed by atoms with Gasteiger partial charge in [-0.1, -0.05) is 42.7 Å². The second-order valence-electron chi connectivity index (χ2n) is 8.00. The summed E-state index contributed by atoms with van der Waals surface area (Å²) in [5, 5.41) is 0. The van der Waals surface area contributed by atoms with Gasteiger partial charge in [-0.2, -0.15) is 11.8 Å². The first-order valence-corrected chi connectivity index (χ1v) is 13.6. The number of nitrogens with zero attached hydrogens (tertiary/aromatic N) is 1. The van der Waals surface area contributed by atoms with Crippen LogP contribution in [0.25, 0.3) is 0 Å². The zero-order valence-electron chi connectivity index (χ0n) is 18.8. The van der Waals surface area contributed by atoms with Gasteiger partial charge in [-0.05, 0) is 43.5 Å². The number of nitrogens with one attached hydrogen (secondary N) is 1. The van der Waals surface area contributed by atoms with Gasteiger partial charge in [0.1, 0.15) is 5.75 Å². The van der Waals surface area contributed by atoms with E-state index in [2.05, 4.69) is 35.9 Å². The van der Waals surface area contributed by atoms with Crippen molar-refractivity contribution in [1.29, 1.82) is 0 Å². The van der Waals surface area contributed by atoms with Gasteiger partial charge in [0.25, 0.3) is 5.91 Å². The Balaban J connectivity index is 1.61. The summed E-state index contributed by atoms with van der Waals surface area (Å²) >= 11 is 1.68. The molecule has 0 saturated carbocycles. The lowest BCUT2D eigenvalue weighted by molar-refractivity contribution is 0.0758. The second kappa shape index (κ2) is 11.7. The Morgan fingerprint density at radius 2 is 1.75 bits per heavy atom. The van der Waals surface area contributed by atoms with Crippen molar-refractivity contribution in [3.63, 3.8) is 0 Å². The lowest BCUT2D eigenvalue weighted by Crippen LogP contribution is -2.32. The number of aryl methyl sites for hydroxylation is 1. The van der Waals surface area contributed by atoms with E-state index in [1.54, 1.807) is 22.7 Å². The molecule has 0 atom stereocenters. The van der Waals surface area contributed by atoms with E-state index in [1.165, 1.54) is 30.4 Å². The number of methoxy groups -OCH3 is 1. The molecule has 1 aliphatic rings. The molecule has 0 aromatic heterocycles.